The summed E-state index contributed by atoms with van der Waals surface area (Å²) in [6.07, 6.45) is 3.93. The first-order valence-electron chi connectivity index (χ1n) is 9.81. The number of Topliss-reactive ketones (excluding diaryl/α,β-unsaturated/α-hetero) is 1. The molecule has 2 aromatic carbocycles. The molecule has 0 aliphatic rings. The highest BCUT2D eigenvalue weighted by atomic mass is 16.5. The molecular weight excluding hydrogens is 394 g/mol. The van der Waals surface area contributed by atoms with Gasteiger partial charge in [0.25, 0.3) is 5.56 Å². The van der Waals surface area contributed by atoms with Gasteiger partial charge in [-0.25, -0.2) is 9.97 Å². The Bertz CT molecular complexity index is 1300. The fourth-order valence-corrected chi connectivity index (χ4v) is 3.41. The molecule has 2 heterocycles. The molecule has 0 saturated heterocycles. The van der Waals surface area contributed by atoms with Crippen LogP contribution in [0.25, 0.3) is 22.0 Å². The highest BCUT2D eigenvalue weighted by Gasteiger charge is 2.10. The quantitative estimate of drug-likeness (QED) is 0.467. The fraction of sp³-hybridized carbons (Fsp3) is 0.167. The summed E-state index contributed by atoms with van der Waals surface area (Å²) in [6, 6.07) is 16.5. The number of rotatable bonds is 7. The molecule has 156 valence electrons. The Morgan fingerprint density at radius 3 is 2.68 bits per heavy atom. The Morgan fingerprint density at radius 2 is 1.94 bits per heavy atom. The molecule has 0 aliphatic carbocycles. The lowest BCUT2D eigenvalue weighted by atomic mass is 10.0. The number of aromatic nitrogens is 3. The van der Waals surface area contributed by atoms with Crippen molar-refractivity contribution in [1.82, 2.24) is 14.5 Å². The lowest BCUT2D eigenvalue weighted by Gasteiger charge is -2.09. The molecule has 0 fully saturated rings. The van der Waals surface area contributed by atoms with Crippen LogP contribution in [-0.2, 0) is 13.0 Å². The summed E-state index contributed by atoms with van der Waals surface area (Å²) in [6.45, 7) is -0.149. The van der Waals surface area contributed by atoms with Gasteiger partial charge in [0.05, 0.1) is 24.3 Å². The van der Waals surface area contributed by atoms with Crippen molar-refractivity contribution in [3.05, 3.63) is 88.6 Å². The second-order valence-electron chi connectivity index (χ2n) is 7.10. The molecule has 7 heteroatoms. The molecule has 0 atom stereocenters. The Morgan fingerprint density at radius 1 is 1.06 bits per heavy atom. The number of aryl methyl sites for hydroxylation is 2. The van der Waals surface area contributed by atoms with Crippen molar-refractivity contribution >= 4 is 16.7 Å². The van der Waals surface area contributed by atoms with Gasteiger partial charge in [-0.2, -0.15) is 0 Å². The summed E-state index contributed by atoms with van der Waals surface area (Å²) in [5.41, 5.74) is 3.69. The number of benzene rings is 2. The lowest BCUT2D eigenvalue weighted by Crippen LogP contribution is -2.22. The van der Waals surface area contributed by atoms with Gasteiger partial charge in [-0.05, 0) is 41.8 Å². The smallest absolute Gasteiger partial charge is 0.261 e. The van der Waals surface area contributed by atoms with Crippen LogP contribution in [0, 0.1) is 0 Å². The third-order valence-electron chi connectivity index (χ3n) is 5.14. The average Bonchev–Trinajstić information content (AvgIpc) is 2.83. The third kappa shape index (κ3) is 4.36. The molecule has 0 radical (unpaired) electrons. The topological polar surface area (TPSA) is 94.3 Å². The van der Waals surface area contributed by atoms with Gasteiger partial charge in [-0.1, -0.05) is 24.3 Å². The van der Waals surface area contributed by atoms with Crippen molar-refractivity contribution in [2.24, 2.45) is 0 Å². The number of aliphatic hydroxyl groups excluding tert-OH is 1. The minimum atomic E-state index is -0.597. The number of hydrogen-bond acceptors (Lipinski definition) is 6. The molecular formula is C24H21N3O4. The third-order valence-corrected chi connectivity index (χ3v) is 5.14. The Hall–Kier alpha value is -3.84. The first-order chi connectivity index (χ1) is 15.1. The molecule has 0 aliphatic heterocycles. The van der Waals surface area contributed by atoms with E-state index in [1.54, 1.807) is 25.4 Å². The predicted octanol–water partition coefficient (Wildman–Crippen LogP) is 2.88. The summed E-state index contributed by atoms with van der Waals surface area (Å²) in [5, 5.41) is 9.43. The molecule has 7 nitrogen and oxygen atoms in total. The first kappa shape index (κ1) is 20.4. The summed E-state index contributed by atoms with van der Waals surface area (Å²) in [5.74, 6) is 0.133. The van der Waals surface area contributed by atoms with Crippen molar-refractivity contribution in [2.45, 2.75) is 13.0 Å². The van der Waals surface area contributed by atoms with E-state index in [0.717, 1.165) is 16.7 Å². The minimum absolute atomic E-state index is 0.215. The van der Waals surface area contributed by atoms with E-state index in [-0.39, 0.29) is 5.56 Å². The number of ether oxygens (including phenoxy) is 1. The van der Waals surface area contributed by atoms with Gasteiger partial charge in [0, 0.05) is 29.9 Å². The zero-order valence-electron chi connectivity index (χ0n) is 17.0. The normalized spacial score (nSPS) is 10.9. The van der Waals surface area contributed by atoms with Crippen molar-refractivity contribution < 1.29 is 14.6 Å². The zero-order valence-corrected chi connectivity index (χ0v) is 17.0. The molecule has 0 spiro atoms. The van der Waals surface area contributed by atoms with Crippen LogP contribution in [0.15, 0.2) is 71.9 Å². The number of methoxy groups -OCH3 is 1. The van der Waals surface area contributed by atoms with Crippen LogP contribution in [0.3, 0.4) is 0 Å². The molecule has 31 heavy (non-hydrogen) atoms. The summed E-state index contributed by atoms with van der Waals surface area (Å²) >= 11 is 0. The molecule has 2 aromatic heterocycles. The van der Waals surface area contributed by atoms with Crippen LogP contribution in [0.2, 0.25) is 0 Å². The largest absolute Gasteiger partial charge is 0.481 e. The molecule has 1 N–H and O–H groups in total. The van der Waals surface area contributed by atoms with E-state index in [0.29, 0.717) is 35.3 Å². The minimum Gasteiger partial charge on any atom is -0.481 e. The highest BCUT2D eigenvalue weighted by Crippen LogP contribution is 2.22. The molecule has 4 rings (SSSR count). The molecule has 4 aromatic rings. The summed E-state index contributed by atoms with van der Waals surface area (Å²) < 4.78 is 6.64. The average molecular weight is 415 g/mol. The molecule has 0 unspecified atom stereocenters. The van der Waals surface area contributed by atoms with E-state index in [4.69, 9.17) is 9.84 Å². The van der Waals surface area contributed by atoms with Gasteiger partial charge >= 0.3 is 0 Å². The van der Waals surface area contributed by atoms with E-state index in [1.165, 1.54) is 17.0 Å². The number of ketones is 1. The number of aliphatic hydroxyl groups is 1. The van der Waals surface area contributed by atoms with Crippen LogP contribution >= 0.6 is 0 Å². The zero-order chi connectivity index (χ0) is 21.8. The van der Waals surface area contributed by atoms with E-state index in [2.05, 4.69) is 16.0 Å². The number of fused-ring (bicyclic) bond motifs is 1. The Balaban J connectivity index is 1.56. The standard InChI is InChI=1S/C24H21N3O4/c1-31-23-8-6-19(13-25-23)17-4-2-3-16(11-17)9-10-27-15-26-21-7-5-18(22(29)14-28)12-20(21)24(27)30/h2-8,11-13,15,28H,9-10,14H2,1H3. The second kappa shape index (κ2) is 8.89. The van der Waals surface area contributed by atoms with Crippen LogP contribution < -0.4 is 10.3 Å². The monoisotopic (exact) mass is 415 g/mol. The van der Waals surface area contributed by atoms with Gasteiger partial charge in [0.1, 0.15) is 6.61 Å². The summed E-state index contributed by atoms with van der Waals surface area (Å²) in [7, 11) is 1.58. The maximum absolute atomic E-state index is 12.9. The lowest BCUT2D eigenvalue weighted by molar-refractivity contribution is 0.0904. The molecule has 0 bridgehead atoms. The maximum atomic E-state index is 12.9. The molecule has 0 saturated carbocycles. The number of pyridine rings is 1. The van der Waals surface area contributed by atoms with Crippen LogP contribution in [0.1, 0.15) is 15.9 Å². The Labute approximate surface area is 178 Å². The van der Waals surface area contributed by atoms with Crippen molar-refractivity contribution in [2.75, 3.05) is 13.7 Å². The number of hydrogen-bond donors (Lipinski definition) is 1. The highest BCUT2D eigenvalue weighted by molar-refractivity contribution is 5.99. The van der Waals surface area contributed by atoms with Gasteiger partial charge < -0.3 is 9.84 Å². The van der Waals surface area contributed by atoms with Gasteiger partial charge in [0.15, 0.2) is 5.78 Å². The van der Waals surface area contributed by atoms with Gasteiger partial charge in [-0.3, -0.25) is 14.2 Å². The number of carbonyl (C=O) groups is 1. The number of carbonyl (C=O) groups excluding carboxylic acids is 1. The fourth-order valence-electron chi connectivity index (χ4n) is 3.41. The predicted molar refractivity (Wildman–Crippen MR) is 117 cm³/mol. The second-order valence-corrected chi connectivity index (χ2v) is 7.10. The number of nitrogens with zero attached hydrogens (tertiary/aromatic N) is 3. The Kier molecular flexibility index (Phi) is 5.86. The van der Waals surface area contributed by atoms with E-state index in [1.807, 2.05) is 30.3 Å². The van der Waals surface area contributed by atoms with Crippen molar-refractivity contribution in [3.63, 3.8) is 0 Å². The van der Waals surface area contributed by atoms with Crippen molar-refractivity contribution in [1.29, 1.82) is 0 Å². The summed E-state index contributed by atoms with van der Waals surface area (Å²) in [4.78, 5) is 33.2. The van der Waals surface area contributed by atoms with Gasteiger partial charge in [-0.15, -0.1) is 0 Å². The maximum Gasteiger partial charge on any atom is 0.261 e. The van der Waals surface area contributed by atoms with E-state index in [9.17, 15) is 9.59 Å². The van der Waals surface area contributed by atoms with Crippen LogP contribution in [0.4, 0.5) is 0 Å². The van der Waals surface area contributed by atoms with E-state index >= 15 is 0 Å². The van der Waals surface area contributed by atoms with E-state index < -0.39 is 12.4 Å². The molecule has 0 amide bonds. The van der Waals surface area contributed by atoms with Crippen LogP contribution in [0.5, 0.6) is 5.88 Å². The SMILES string of the molecule is COc1ccc(-c2cccc(CCn3cnc4ccc(C(=O)CO)cc4c3=O)c2)cn1. The van der Waals surface area contributed by atoms with Crippen LogP contribution in [-0.4, -0.2) is 39.1 Å². The first-order valence-corrected chi connectivity index (χ1v) is 9.81. The van der Waals surface area contributed by atoms with Crippen molar-refractivity contribution in [3.8, 4) is 17.0 Å². The van der Waals surface area contributed by atoms with Gasteiger partial charge in [0.2, 0.25) is 5.88 Å².